The standard InChI is InChI=1S/C23H29N3O/c1-25-15-7-9-19(17-25)10-8-16-26-22-14-6-5-13-21(22)24-23(26)18-27-20-11-3-2-4-12-20/h2-6,11-14,19H,7-10,15-18H2,1H3. The van der Waals surface area contributed by atoms with Crippen LogP contribution in [0.5, 0.6) is 5.75 Å². The van der Waals surface area contributed by atoms with Crippen molar-refractivity contribution in [2.75, 3.05) is 20.1 Å². The molecule has 0 spiro atoms. The third kappa shape index (κ3) is 4.51. The molecule has 142 valence electrons. The zero-order chi connectivity index (χ0) is 18.5. The van der Waals surface area contributed by atoms with Gasteiger partial charge in [0.05, 0.1) is 11.0 Å². The molecule has 2 heterocycles. The van der Waals surface area contributed by atoms with Gasteiger partial charge in [0.15, 0.2) is 0 Å². The van der Waals surface area contributed by atoms with Gasteiger partial charge in [0, 0.05) is 13.1 Å². The van der Waals surface area contributed by atoms with E-state index in [-0.39, 0.29) is 0 Å². The molecule has 0 aliphatic carbocycles. The highest BCUT2D eigenvalue weighted by Crippen LogP contribution is 2.23. The van der Waals surface area contributed by atoms with E-state index >= 15 is 0 Å². The third-order valence-electron chi connectivity index (χ3n) is 5.56. The minimum absolute atomic E-state index is 0.505. The molecule has 4 rings (SSSR count). The largest absolute Gasteiger partial charge is 0.486 e. The first kappa shape index (κ1) is 18.1. The van der Waals surface area contributed by atoms with Gasteiger partial charge < -0.3 is 14.2 Å². The number of rotatable bonds is 7. The van der Waals surface area contributed by atoms with E-state index in [0.717, 1.165) is 29.6 Å². The summed E-state index contributed by atoms with van der Waals surface area (Å²) in [6.07, 6.45) is 5.19. The summed E-state index contributed by atoms with van der Waals surface area (Å²) in [5, 5.41) is 0. The van der Waals surface area contributed by atoms with Gasteiger partial charge in [-0.05, 0) is 69.5 Å². The molecular weight excluding hydrogens is 334 g/mol. The lowest BCUT2D eigenvalue weighted by atomic mass is 9.94. The molecule has 1 aliphatic heterocycles. The van der Waals surface area contributed by atoms with Gasteiger partial charge in [-0.25, -0.2) is 4.98 Å². The Kier molecular flexibility index (Phi) is 5.73. The molecule has 0 amide bonds. The number of hydrogen-bond acceptors (Lipinski definition) is 3. The maximum absolute atomic E-state index is 5.98. The number of likely N-dealkylation sites (tertiary alicyclic amines) is 1. The number of piperidine rings is 1. The molecule has 1 saturated heterocycles. The molecule has 0 bridgehead atoms. The maximum atomic E-state index is 5.98. The van der Waals surface area contributed by atoms with Crippen LogP contribution in [0.3, 0.4) is 0 Å². The fourth-order valence-electron chi connectivity index (χ4n) is 4.20. The maximum Gasteiger partial charge on any atom is 0.147 e. The highest BCUT2D eigenvalue weighted by Gasteiger charge is 2.17. The molecule has 0 radical (unpaired) electrons. The first-order valence-corrected chi connectivity index (χ1v) is 10.1. The zero-order valence-corrected chi connectivity index (χ0v) is 16.2. The van der Waals surface area contributed by atoms with E-state index in [1.54, 1.807) is 0 Å². The van der Waals surface area contributed by atoms with Crippen LogP contribution in [0.15, 0.2) is 54.6 Å². The second-order valence-corrected chi connectivity index (χ2v) is 7.68. The number of aromatic nitrogens is 2. The summed E-state index contributed by atoms with van der Waals surface area (Å²) in [6, 6.07) is 18.4. The van der Waals surface area contributed by atoms with E-state index < -0.39 is 0 Å². The fraction of sp³-hybridized carbons (Fsp3) is 0.435. The second-order valence-electron chi connectivity index (χ2n) is 7.68. The van der Waals surface area contributed by atoms with E-state index in [1.807, 2.05) is 30.3 Å². The Morgan fingerprint density at radius 3 is 2.74 bits per heavy atom. The third-order valence-corrected chi connectivity index (χ3v) is 5.56. The van der Waals surface area contributed by atoms with Crippen molar-refractivity contribution in [1.29, 1.82) is 0 Å². The molecule has 1 fully saturated rings. The van der Waals surface area contributed by atoms with Crippen molar-refractivity contribution in [2.24, 2.45) is 5.92 Å². The quantitative estimate of drug-likeness (QED) is 0.607. The predicted molar refractivity (Wildman–Crippen MR) is 110 cm³/mol. The van der Waals surface area contributed by atoms with E-state index in [9.17, 15) is 0 Å². The highest BCUT2D eigenvalue weighted by atomic mass is 16.5. The summed E-state index contributed by atoms with van der Waals surface area (Å²) < 4.78 is 8.33. The van der Waals surface area contributed by atoms with Crippen molar-refractivity contribution < 1.29 is 4.74 Å². The first-order valence-electron chi connectivity index (χ1n) is 10.1. The average molecular weight is 364 g/mol. The number of fused-ring (bicyclic) bond motifs is 1. The van der Waals surface area contributed by atoms with Crippen LogP contribution in [-0.2, 0) is 13.2 Å². The molecule has 27 heavy (non-hydrogen) atoms. The lowest BCUT2D eigenvalue weighted by Gasteiger charge is -2.29. The molecule has 0 saturated carbocycles. The van der Waals surface area contributed by atoms with Crippen LogP contribution >= 0.6 is 0 Å². The lowest BCUT2D eigenvalue weighted by Crippen LogP contribution is -2.32. The van der Waals surface area contributed by atoms with Crippen LogP contribution in [0.2, 0.25) is 0 Å². The van der Waals surface area contributed by atoms with Crippen LogP contribution in [0.4, 0.5) is 0 Å². The molecule has 4 nitrogen and oxygen atoms in total. The Bertz CT molecular complexity index is 858. The topological polar surface area (TPSA) is 30.3 Å². The first-order chi connectivity index (χ1) is 13.3. The summed E-state index contributed by atoms with van der Waals surface area (Å²) in [7, 11) is 2.24. The number of nitrogens with zero attached hydrogens (tertiary/aromatic N) is 3. The molecular formula is C23H29N3O. The molecule has 1 aliphatic rings. The van der Waals surface area contributed by atoms with Gasteiger partial charge in [0.25, 0.3) is 0 Å². The number of hydrogen-bond donors (Lipinski definition) is 0. The van der Waals surface area contributed by atoms with Crippen molar-refractivity contribution in [3.05, 3.63) is 60.4 Å². The van der Waals surface area contributed by atoms with E-state index in [0.29, 0.717) is 6.61 Å². The molecule has 3 aromatic rings. The van der Waals surface area contributed by atoms with Gasteiger partial charge in [0.1, 0.15) is 18.2 Å². The van der Waals surface area contributed by atoms with Gasteiger partial charge in [0.2, 0.25) is 0 Å². The number of benzene rings is 2. The van der Waals surface area contributed by atoms with Crippen LogP contribution in [0.1, 0.15) is 31.5 Å². The molecule has 4 heteroatoms. The summed E-state index contributed by atoms with van der Waals surface area (Å²) in [5.74, 6) is 2.74. The molecule has 1 atom stereocenters. The van der Waals surface area contributed by atoms with Gasteiger partial charge >= 0.3 is 0 Å². The van der Waals surface area contributed by atoms with Gasteiger partial charge in [-0.2, -0.15) is 0 Å². The van der Waals surface area contributed by atoms with Gasteiger partial charge in [-0.3, -0.25) is 0 Å². The number of para-hydroxylation sites is 3. The lowest BCUT2D eigenvalue weighted by molar-refractivity contribution is 0.198. The van der Waals surface area contributed by atoms with Crippen LogP contribution < -0.4 is 4.74 Å². The van der Waals surface area contributed by atoms with Crippen LogP contribution in [-0.4, -0.2) is 34.6 Å². The van der Waals surface area contributed by atoms with Gasteiger partial charge in [-0.1, -0.05) is 30.3 Å². The normalized spacial score (nSPS) is 18.0. The zero-order valence-electron chi connectivity index (χ0n) is 16.2. The van der Waals surface area contributed by atoms with E-state index in [1.165, 1.54) is 44.3 Å². The van der Waals surface area contributed by atoms with Gasteiger partial charge in [-0.15, -0.1) is 0 Å². The Morgan fingerprint density at radius 2 is 1.89 bits per heavy atom. The molecule has 0 N–H and O–H groups in total. The van der Waals surface area contributed by atoms with Crippen molar-refractivity contribution in [1.82, 2.24) is 14.5 Å². The molecule has 1 aromatic heterocycles. The smallest absolute Gasteiger partial charge is 0.147 e. The Morgan fingerprint density at radius 1 is 1.07 bits per heavy atom. The van der Waals surface area contributed by atoms with Crippen molar-refractivity contribution in [3.8, 4) is 5.75 Å². The minimum Gasteiger partial charge on any atom is -0.486 e. The SMILES string of the molecule is CN1CCCC(CCCn2c(COc3ccccc3)nc3ccccc32)C1. The van der Waals surface area contributed by atoms with E-state index in [4.69, 9.17) is 9.72 Å². The van der Waals surface area contributed by atoms with Crippen molar-refractivity contribution >= 4 is 11.0 Å². The number of ether oxygens (including phenoxy) is 1. The predicted octanol–water partition coefficient (Wildman–Crippen LogP) is 4.74. The summed E-state index contributed by atoms with van der Waals surface area (Å²) in [6.45, 7) is 4.01. The Balaban J connectivity index is 1.44. The summed E-state index contributed by atoms with van der Waals surface area (Å²) in [5.41, 5.74) is 2.27. The Labute approximate surface area is 161 Å². The second kappa shape index (κ2) is 8.57. The minimum atomic E-state index is 0.505. The summed E-state index contributed by atoms with van der Waals surface area (Å²) in [4.78, 5) is 7.31. The van der Waals surface area contributed by atoms with Crippen LogP contribution in [0.25, 0.3) is 11.0 Å². The fourth-order valence-corrected chi connectivity index (χ4v) is 4.20. The highest BCUT2D eigenvalue weighted by molar-refractivity contribution is 5.75. The summed E-state index contributed by atoms with van der Waals surface area (Å²) >= 11 is 0. The van der Waals surface area contributed by atoms with Crippen LogP contribution in [0, 0.1) is 5.92 Å². The Hall–Kier alpha value is -2.33. The van der Waals surface area contributed by atoms with Crippen molar-refractivity contribution in [3.63, 3.8) is 0 Å². The molecule has 2 aromatic carbocycles. The molecule has 1 unspecified atom stereocenters. The number of imidazole rings is 1. The number of aryl methyl sites for hydroxylation is 1. The monoisotopic (exact) mass is 363 g/mol. The average Bonchev–Trinajstić information content (AvgIpc) is 3.05. The van der Waals surface area contributed by atoms with E-state index in [2.05, 4.69) is 40.8 Å². The van der Waals surface area contributed by atoms with Crippen molar-refractivity contribution in [2.45, 2.75) is 38.8 Å².